The topological polar surface area (TPSA) is 55.4 Å². The minimum atomic E-state index is -0.375. The van der Waals surface area contributed by atoms with Crippen molar-refractivity contribution in [1.82, 2.24) is 0 Å². The summed E-state index contributed by atoms with van der Waals surface area (Å²) in [6.45, 7) is 2.32. The van der Waals surface area contributed by atoms with Crippen molar-refractivity contribution in [3.63, 3.8) is 0 Å². The van der Waals surface area contributed by atoms with E-state index in [0.29, 0.717) is 28.4 Å². The van der Waals surface area contributed by atoms with Crippen LogP contribution in [0.5, 0.6) is 0 Å². The predicted molar refractivity (Wildman–Crippen MR) is 94.1 cm³/mol. The molecule has 0 aliphatic rings. The summed E-state index contributed by atoms with van der Waals surface area (Å²) in [7, 11) is 0. The number of amides is 1. The Morgan fingerprint density at radius 2 is 1.87 bits per heavy atom. The second kappa shape index (κ2) is 8.13. The predicted octanol–water partition coefficient (Wildman–Crippen LogP) is 4.92. The fourth-order valence-electron chi connectivity index (χ4n) is 1.84. The summed E-state index contributed by atoms with van der Waals surface area (Å²) in [5.74, 6) is -0.697. The summed E-state index contributed by atoms with van der Waals surface area (Å²) >= 11 is 9.34. The van der Waals surface area contributed by atoms with Gasteiger partial charge in [-0.25, -0.2) is 4.79 Å². The molecule has 2 aromatic rings. The molecule has 2 aromatic carbocycles. The number of esters is 1. The molecule has 1 N–H and O–H groups in total. The number of carbonyl (C=O) groups is 2. The van der Waals surface area contributed by atoms with Crippen molar-refractivity contribution in [2.45, 2.75) is 13.3 Å². The quantitative estimate of drug-likeness (QED) is 0.730. The van der Waals surface area contributed by atoms with Gasteiger partial charge in [0.2, 0.25) is 0 Å². The third kappa shape index (κ3) is 4.81. The number of carbonyl (C=O) groups excluding carboxylic acids is 2. The first-order chi connectivity index (χ1) is 11.0. The average Bonchev–Trinajstić information content (AvgIpc) is 2.55. The Labute approximate surface area is 147 Å². The van der Waals surface area contributed by atoms with Gasteiger partial charge in [0.05, 0.1) is 22.8 Å². The Morgan fingerprint density at radius 1 is 1.17 bits per heavy atom. The number of nitrogens with one attached hydrogen (secondary N) is 1. The van der Waals surface area contributed by atoms with Gasteiger partial charge < -0.3 is 10.1 Å². The molecule has 0 fully saturated rings. The standard InChI is InChI=1S/C17H15BrClNO3/c1-2-9-23-17(22)11-3-6-13(7-4-11)20-16(21)14-10-12(18)5-8-15(14)19/h3-8,10H,2,9H2,1H3,(H,20,21). The number of anilines is 1. The highest BCUT2D eigenvalue weighted by Gasteiger charge is 2.12. The van der Waals surface area contributed by atoms with E-state index in [9.17, 15) is 9.59 Å². The Balaban J connectivity index is 2.07. The van der Waals surface area contributed by atoms with E-state index in [0.717, 1.165) is 10.9 Å². The van der Waals surface area contributed by atoms with Crippen LogP contribution in [0.4, 0.5) is 5.69 Å². The van der Waals surface area contributed by atoms with E-state index >= 15 is 0 Å². The third-order valence-electron chi connectivity index (χ3n) is 2.99. The van der Waals surface area contributed by atoms with Crippen LogP contribution in [-0.2, 0) is 4.74 Å². The van der Waals surface area contributed by atoms with Crippen LogP contribution < -0.4 is 5.32 Å². The summed E-state index contributed by atoms with van der Waals surface area (Å²) in [5.41, 5.74) is 1.38. The first kappa shape index (κ1) is 17.5. The Hall–Kier alpha value is -1.85. The monoisotopic (exact) mass is 395 g/mol. The molecule has 23 heavy (non-hydrogen) atoms. The zero-order valence-corrected chi connectivity index (χ0v) is 14.8. The van der Waals surface area contributed by atoms with Crippen LogP contribution in [0.25, 0.3) is 0 Å². The average molecular weight is 397 g/mol. The second-order valence-corrected chi connectivity index (χ2v) is 6.11. The normalized spacial score (nSPS) is 10.2. The van der Waals surface area contributed by atoms with Gasteiger partial charge >= 0.3 is 5.97 Å². The van der Waals surface area contributed by atoms with Crippen LogP contribution in [0, 0.1) is 0 Å². The first-order valence-corrected chi connectivity index (χ1v) is 8.22. The molecule has 0 bridgehead atoms. The summed E-state index contributed by atoms with van der Waals surface area (Å²) in [6, 6.07) is 11.6. The Bertz CT molecular complexity index is 716. The van der Waals surface area contributed by atoms with Gasteiger partial charge in [-0.1, -0.05) is 34.5 Å². The van der Waals surface area contributed by atoms with Gasteiger partial charge in [0, 0.05) is 10.2 Å². The maximum absolute atomic E-state index is 12.2. The lowest BCUT2D eigenvalue weighted by molar-refractivity contribution is 0.0505. The van der Waals surface area contributed by atoms with Gasteiger partial charge in [-0.15, -0.1) is 0 Å². The van der Waals surface area contributed by atoms with Crippen molar-refractivity contribution < 1.29 is 14.3 Å². The van der Waals surface area contributed by atoms with Crippen LogP contribution >= 0.6 is 27.5 Å². The summed E-state index contributed by atoms with van der Waals surface area (Å²) in [5, 5.41) is 3.11. The van der Waals surface area contributed by atoms with Crippen molar-refractivity contribution in [1.29, 1.82) is 0 Å². The number of rotatable bonds is 5. The lowest BCUT2D eigenvalue weighted by Gasteiger charge is -2.08. The van der Waals surface area contributed by atoms with Gasteiger partial charge in [-0.2, -0.15) is 0 Å². The Kier molecular flexibility index (Phi) is 6.19. The molecule has 0 radical (unpaired) electrons. The maximum Gasteiger partial charge on any atom is 0.338 e. The van der Waals surface area contributed by atoms with Gasteiger partial charge in [0.15, 0.2) is 0 Å². The van der Waals surface area contributed by atoms with Gasteiger partial charge in [0.1, 0.15) is 0 Å². The molecule has 0 aliphatic heterocycles. The fourth-order valence-corrected chi connectivity index (χ4v) is 2.40. The molecule has 0 atom stereocenters. The van der Waals surface area contributed by atoms with Gasteiger partial charge in [0.25, 0.3) is 5.91 Å². The number of ether oxygens (including phenoxy) is 1. The molecule has 0 heterocycles. The van der Waals surface area contributed by atoms with Crippen LogP contribution in [-0.4, -0.2) is 18.5 Å². The summed E-state index contributed by atoms with van der Waals surface area (Å²) in [4.78, 5) is 23.9. The van der Waals surface area contributed by atoms with E-state index in [-0.39, 0.29) is 11.9 Å². The van der Waals surface area contributed by atoms with Crippen LogP contribution in [0.2, 0.25) is 5.02 Å². The fraction of sp³-hybridized carbons (Fsp3) is 0.176. The highest BCUT2D eigenvalue weighted by atomic mass is 79.9. The lowest BCUT2D eigenvalue weighted by atomic mass is 10.2. The zero-order chi connectivity index (χ0) is 16.8. The number of hydrogen-bond donors (Lipinski definition) is 1. The number of halogens is 2. The molecule has 120 valence electrons. The minimum absolute atomic E-state index is 0.322. The molecule has 0 saturated carbocycles. The van der Waals surface area contributed by atoms with E-state index < -0.39 is 0 Å². The molecule has 0 aliphatic carbocycles. The molecule has 0 saturated heterocycles. The van der Waals surface area contributed by atoms with E-state index in [1.54, 1.807) is 42.5 Å². The Morgan fingerprint density at radius 3 is 2.52 bits per heavy atom. The highest BCUT2D eigenvalue weighted by molar-refractivity contribution is 9.10. The first-order valence-electron chi connectivity index (χ1n) is 7.05. The van der Waals surface area contributed by atoms with E-state index in [2.05, 4.69) is 21.2 Å². The SMILES string of the molecule is CCCOC(=O)c1ccc(NC(=O)c2cc(Br)ccc2Cl)cc1. The second-order valence-electron chi connectivity index (χ2n) is 4.79. The molecular weight excluding hydrogens is 382 g/mol. The van der Waals surface area contributed by atoms with Crippen molar-refractivity contribution in [2.24, 2.45) is 0 Å². The lowest BCUT2D eigenvalue weighted by Crippen LogP contribution is -2.13. The third-order valence-corrected chi connectivity index (χ3v) is 3.81. The van der Waals surface area contributed by atoms with Crippen LogP contribution in [0.15, 0.2) is 46.9 Å². The minimum Gasteiger partial charge on any atom is -0.462 e. The molecule has 1 amide bonds. The van der Waals surface area contributed by atoms with Gasteiger partial charge in [-0.3, -0.25) is 4.79 Å². The molecule has 0 unspecified atom stereocenters. The van der Waals surface area contributed by atoms with E-state index in [1.807, 2.05) is 6.92 Å². The summed E-state index contributed by atoms with van der Waals surface area (Å²) < 4.78 is 5.81. The van der Waals surface area contributed by atoms with Crippen molar-refractivity contribution in [3.05, 3.63) is 63.1 Å². The molecule has 0 spiro atoms. The van der Waals surface area contributed by atoms with Crippen LogP contribution in [0.3, 0.4) is 0 Å². The maximum atomic E-state index is 12.2. The van der Waals surface area contributed by atoms with E-state index in [4.69, 9.17) is 16.3 Å². The molecule has 2 rings (SSSR count). The van der Waals surface area contributed by atoms with Crippen LogP contribution in [0.1, 0.15) is 34.1 Å². The highest BCUT2D eigenvalue weighted by Crippen LogP contribution is 2.22. The van der Waals surface area contributed by atoms with Gasteiger partial charge in [-0.05, 0) is 48.9 Å². The molecule has 6 heteroatoms. The van der Waals surface area contributed by atoms with E-state index in [1.165, 1.54) is 0 Å². The van der Waals surface area contributed by atoms with Crippen molar-refractivity contribution >= 4 is 45.1 Å². The van der Waals surface area contributed by atoms with Crippen molar-refractivity contribution in [2.75, 3.05) is 11.9 Å². The zero-order valence-electron chi connectivity index (χ0n) is 12.4. The van der Waals surface area contributed by atoms with Crippen molar-refractivity contribution in [3.8, 4) is 0 Å². The number of hydrogen-bond acceptors (Lipinski definition) is 3. The smallest absolute Gasteiger partial charge is 0.338 e. The largest absolute Gasteiger partial charge is 0.462 e. The molecular formula is C17H15BrClNO3. The summed E-state index contributed by atoms with van der Waals surface area (Å²) in [6.07, 6.45) is 0.771. The number of benzene rings is 2. The molecule has 4 nitrogen and oxygen atoms in total. The molecule has 0 aromatic heterocycles.